The van der Waals surface area contributed by atoms with E-state index in [2.05, 4.69) is 5.32 Å². The second-order valence-corrected chi connectivity index (χ2v) is 5.91. The van der Waals surface area contributed by atoms with Crippen LogP contribution in [-0.2, 0) is 14.3 Å². The Morgan fingerprint density at radius 1 is 1.42 bits per heavy atom. The highest BCUT2D eigenvalue weighted by molar-refractivity contribution is 5.70. The third-order valence-electron chi connectivity index (χ3n) is 2.81. The number of ether oxygens (including phenoxy) is 1. The maximum absolute atomic E-state index is 11.5. The number of carboxylic acid groups (broad SMARTS) is 1. The van der Waals surface area contributed by atoms with E-state index in [4.69, 9.17) is 9.84 Å². The van der Waals surface area contributed by atoms with Crippen molar-refractivity contribution in [1.29, 1.82) is 0 Å². The normalized spacial score (nSPS) is 20.5. The molecule has 1 fully saturated rings. The quantitative estimate of drug-likeness (QED) is 0.684. The molecule has 1 heterocycles. The van der Waals surface area contributed by atoms with Crippen LogP contribution in [0.1, 0.15) is 33.6 Å². The van der Waals surface area contributed by atoms with Crippen molar-refractivity contribution in [2.24, 2.45) is 0 Å². The van der Waals surface area contributed by atoms with Gasteiger partial charge >= 0.3 is 11.9 Å². The molecule has 0 radical (unpaired) electrons. The first-order valence-corrected chi connectivity index (χ1v) is 6.65. The Hall–Kier alpha value is -1.14. The molecular weight excluding hydrogens is 248 g/mol. The summed E-state index contributed by atoms with van der Waals surface area (Å²) in [7, 11) is 0. The molecule has 0 amide bonds. The summed E-state index contributed by atoms with van der Waals surface area (Å²) in [6, 6.07) is 0.266. The minimum atomic E-state index is -0.797. The van der Waals surface area contributed by atoms with Gasteiger partial charge in [0.25, 0.3) is 0 Å². The predicted octanol–water partition coefficient (Wildman–Crippen LogP) is 0.467. The Bertz CT molecular complexity index is 325. The van der Waals surface area contributed by atoms with Crippen molar-refractivity contribution < 1.29 is 19.4 Å². The van der Waals surface area contributed by atoms with Gasteiger partial charge in [-0.1, -0.05) is 0 Å². The Balaban J connectivity index is 2.14. The molecule has 0 aromatic rings. The molecule has 1 saturated heterocycles. The lowest BCUT2D eigenvalue weighted by atomic mass is 10.2. The number of rotatable bonds is 6. The highest BCUT2D eigenvalue weighted by atomic mass is 16.6. The summed E-state index contributed by atoms with van der Waals surface area (Å²) in [5, 5.41) is 12.0. The SMILES string of the molecule is CC(C)(C)OC(=O)CCN[C@@H]1CCN(CC(=O)O)C1. The average molecular weight is 272 g/mol. The lowest BCUT2D eigenvalue weighted by molar-refractivity contribution is -0.154. The highest BCUT2D eigenvalue weighted by Crippen LogP contribution is 2.10. The minimum absolute atomic E-state index is 0.0875. The number of hydrogen-bond acceptors (Lipinski definition) is 5. The second kappa shape index (κ2) is 6.86. The molecule has 1 aliphatic rings. The number of aliphatic carboxylic acids is 1. The molecule has 110 valence electrons. The fraction of sp³-hybridized carbons (Fsp3) is 0.846. The molecule has 0 bridgehead atoms. The highest BCUT2D eigenvalue weighted by Gasteiger charge is 2.23. The van der Waals surface area contributed by atoms with Gasteiger partial charge in [0, 0.05) is 25.7 Å². The van der Waals surface area contributed by atoms with Crippen molar-refractivity contribution in [3.05, 3.63) is 0 Å². The summed E-state index contributed by atoms with van der Waals surface area (Å²) in [5.74, 6) is -1.00. The molecule has 6 heteroatoms. The van der Waals surface area contributed by atoms with Crippen LogP contribution in [0.15, 0.2) is 0 Å². The number of hydrogen-bond donors (Lipinski definition) is 2. The lowest BCUT2D eigenvalue weighted by Gasteiger charge is -2.20. The number of carbonyl (C=O) groups is 2. The Kier molecular flexibility index (Phi) is 5.75. The van der Waals surface area contributed by atoms with Crippen LogP contribution >= 0.6 is 0 Å². The van der Waals surface area contributed by atoms with E-state index < -0.39 is 11.6 Å². The van der Waals surface area contributed by atoms with Gasteiger partial charge in [-0.25, -0.2) is 0 Å². The fourth-order valence-corrected chi connectivity index (χ4v) is 2.11. The molecule has 0 aromatic carbocycles. The van der Waals surface area contributed by atoms with E-state index in [0.29, 0.717) is 13.0 Å². The zero-order chi connectivity index (χ0) is 14.5. The molecule has 2 N–H and O–H groups in total. The molecule has 0 unspecified atom stereocenters. The number of nitrogens with one attached hydrogen (secondary N) is 1. The molecule has 6 nitrogen and oxygen atoms in total. The van der Waals surface area contributed by atoms with Crippen LogP contribution in [0.2, 0.25) is 0 Å². The van der Waals surface area contributed by atoms with Crippen molar-refractivity contribution in [1.82, 2.24) is 10.2 Å². The number of likely N-dealkylation sites (tertiary alicyclic amines) is 1. The first kappa shape index (κ1) is 15.9. The smallest absolute Gasteiger partial charge is 0.317 e. The molecule has 1 rings (SSSR count). The summed E-state index contributed by atoms with van der Waals surface area (Å²) in [6.07, 6.45) is 1.26. The number of esters is 1. The minimum Gasteiger partial charge on any atom is -0.480 e. The number of carboxylic acids is 1. The van der Waals surface area contributed by atoms with Crippen LogP contribution in [0.3, 0.4) is 0 Å². The largest absolute Gasteiger partial charge is 0.480 e. The summed E-state index contributed by atoms with van der Waals surface area (Å²) in [4.78, 5) is 24.0. The molecule has 0 aromatic heterocycles. The summed E-state index contributed by atoms with van der Waals surface area (Å²) >= 11 is 0. The van der Waals surface area contributed by atoms with Gasteiger partial charge in [0.1, 0.15) is 5.60 Å². The summed E-state index contributed by atoms with van der Waals surface area (Å²) in [5.41, 5.74) is -0.442. The molecule has 0 saturated carbocycles. The van der Waals surface area contributed by atoms with E-state index in [0.717, 1.165) is 19.5 Å². The average Bonchev–Trinajstić information content (AvgIpc) is 2.61. The fourth-order valence-electron chi connectivity index (χ4n) is 2.11. The van der Waals surface area contributed by atoms with Gasteiger partial charge in [-0.05, 0) is 27.2 Å². The van der Waals surface area contributed by atoms with Crippen molar-refractivity contribution in [3.8, 4) is 0 Å². The van der Waals surface area contributed by atoms with Crippen molar-refractivity contribution >= 4 is 11.9 Å². The zero-order valence-electron chi connectivity index (χ0n) is 11.9. The van der Waals surface area contributed by atoms with Gasteiger partial charge in [0.15, 0.2) is 0 Å². The molecular formula is C13H24N2O4. The lowest BCUT2D eigenvalue weighted by Crippen LogP contribution is -2.36. The Morgan fingerprint density at radius 2 is 2.11 bits per heavy atom. The van der Waals surface area contributed by atoms with Gasteiger partial charge in [-0.15, -0.1) is 0 Å². The van der Waals surface area contributed by atoms with E-state index >= 15 is 0 Å². The molecule has 0 aliphatic carbocycles. The predicted molar refractivity (Wildman–Crippen MR) is 70.9 cm³/mol. The summed E-state index contributed by atoms with van der Waals surface area (Å²) < 4.78 is 5.21. The van der Waals surface area contributed by atoms with Crippen molar-refractivity contribution in [3.63, 3.8) is 0 Å². The first-order valence-electron chi connectivity index (χ1n) is 6.65. The van der Waals surface area contributed by atoms with Crippen molar-refractivity contribution in [2.45, 2.75) is 45.3 Å². The molecule has 0 spiro atoms. The maximum atomic E-state index is 11.5. The molecule has 19 heavy (non-hydrogen) atoms. The molecule has 1 aliphatic heterocycles. The monoisotopic (exact) mass is 272 g/mol. The van der Waals surface area contributed by atoms with Crippen LogP contribution < -0.4 is 5.32 Å². The van der Waals surface area contributed by atoms with Gasteiger partial charge in [-0.3, -0.25) is 14.5 Å². The van der Waals surface area contributed by atoms with Gasteiger partial charge in [-0.2, -0.15) is 0 Å². The van der Waals surface area contributed by atoms with E-state index in [9.17, 15) is 9.59 Å². The van der Waals surface area contributed by atoms with E-state index in [1.54, 1.807) is 0 Å². The van der Waals surface area contributed by atoms with Crippen LogP contribution in [-0.4, -0.2) is 59.8 Å². The van der Waals surface area contributed by atoms with Gasteiger partial charge in [0.05, 0.1) is 13.0 Å². The number of nitrogens with zero attached hydrogens (tertiary/aromatic N) is 1. The van der Waals surface area contributed by atoms with Crippen LogP contribution in [0.4, 0.5) is 0 Å². The number of carbonyl (C=O) groups excluding carboxylic acids is 1. The first-order chi connectivity index (χ1) is 8.76. The van der Waals surface area contributed by atoms with Gasteiger partial charge in [0.2, 0.25) is 0 Å². The Labute approximate surface area is 114 Å². The molecule has 1 atom stereocenters. The van der Waals surface area contributed by atoms with E-state index in [1.807, 2.05) is 25.7 Å². The van der Waals surface area contributed by atoms with E-state index in [1.165, 1.54) is 0 Å². The summed E-state index contributed by atoms with van der Waals surface area (Å²) in [6.45, 7) is 7.71. The third kappa shape index (κ3) is 7.12. The topological polar surface area (TPSA) is 78.9 Å². The van der Waals surface area contributed by atoms with Crippen LogP contribution in [0.25, 0.3) is 0 Å². The third-order valence-corrected chi connectivity index (χ3v) is 2.81. The zero-order valence-corrected chi connectivity index (χ0v) is 11.9. The van der Waals surface area contributed by atoms with E-state index in [-0.39, 0.29) is 18.6 Å². The van der Waals surface area contributed by atoms with Crippen LogP contribution in [0, 0.1) is 0 Å². The standard InChI is InChI=1S/C13H24N2O4/c1-13(2,3)19-12(18)4-6-14-10-5-7-15(8-10)9-11(16)17/h10,14H,4-9H2,1-3H3,(H,16,17)/t10-/m1/s1. The van der Waals surface area contributed by atoms with Gasteiger partial charge < -0.3 is 15.2 Å². The maximum Gasteiger partial charge on any atom is 0.317 e. The second-order valence-electron chi connectivity index (χ2n) is 5.91. The van der Waals surface area contributed by atoms with Crippen LogP contribution in [0.5, 0.6) is 0 Å². The Morgan fingerprint density at radius 3 is 2.68 bits per heavy atom. The van der Waals surface area contributed by atoms with Crippen molar-refractivity contribution in [2.75, 3.05) is 26.2 Å².